The molecule has 0 amide bonds. The van der Waals surface area contributed by atoms with Crippen LogP contribution < -0.4 is 5.32 Å². The Morgan fingerprint density at radius 3 is 2.65 bits per heavy atom. The molecule has 0 spiro atoms. The Bertz CT molecular complexity index is 280. The molecular formula is C14H26N2S. The highest BCUT2D eigenvalue weighted by Crippen LogP contribution is 2.41. The van der Waals surface area contributed by atoms with E-state index in [4.69, 9.17) is 4.99 Å². The SMILES string of the molecule is CCC1(CN=C2NC(C(C)C)CS2)CCCC1. The quantitative estimate of drug-likeness (QED) is 0.827. The van der Waals surface area contributed by atoms with Gasteiger partial charge in [-0.3, -0.25) is 4.99 Å². The van der Waals surface area contributed by atoms with E-state index in [9.17, 15) is 0 Å². The Kier molecular flexibility index (Phi) is 4.40. The number of rotatable bonds is 4. The van der Waals surface area contributed by atoms with Gasteiger partial charge in [-0.1, -0.05) is 45.4 Å². The zero-order valence-corrected chi connectivity index (χ0v) is 12.3. The van der Waals surface area contributed by atoms with Crippen LogP contribution >= 0.6 is 11.8 Å². The molecule has 1 aliphatic carbocycles. The Labute approximate surface area is 110 Å². The summed E-state index contributed by atoms with van der Waals surface area (Å²) in [6, 6.07) is 0.625. The van der Waals surface area contributed by atoms with Crippen molar-refractivity contribution in [1.82, 2.24) is 5.32 Å². The first kappa shape index (κ1) is 13.3. The number of nitrogens with zero attached hydrogens (tertiary/aromatic N) is 1. The summed E-state index contributed by atoms with van der Waals surface area (Å²) in [6.45, 7) is 7.94. The van der Waals surface area contributed by atoms with Crippen molar-refractivity contribution in [3.63, 3.8) is 0 Å². The third kappa shape index (κ3) is 3.18. The van der Waals surface area contributed by atoms with Gasteiger partial charge in [-0.25, -0.2) is 0 Å². The summed E-state index contributed by atoms with van der Waals surface area (Å²) in [5.41, 5.74) is 0.533. The van der Waals surface area contributed by atoms with Crippen LogP contribution in [0.2, 0.25) is 0 Å². The van der Waals surface area contributed by atoms with Crippen LogP contribution in [-0.2, 0) is 0 Å². The number of aliphatic imine (C=N–C) groups is 1. The van der Waals surface area contributed by atoms with Gasteiger partial charge in [0.05, 0.1) is 0 Å². The van der Waals surface area contributed by atoms with Crippen LogP contribution in [0.4, 0.5) is 0 Å². The Morgan fingerprint density at radius 1 is 1.41 bits per heavy atom. The topological polar surface area (TPSA) is 24.4 Å². The minimum absolute atomic E-state index is 0.533. The summed E-state index contributed by atoms with van der Waals surface area (Å²) in [6.07, 6.45) is 6.89. The highest BCUT2D eigenvalue weighted by molar-refractivity contribution is 8.14. The summed E-state index contributed by atoms with van der Waals surface area (Å²) in [5.74, 6) is 1.90. The number of hydrogen-bond donors (Lipinski definition) is 1. The van der Waals surface area contributed by atoms with Crippen molar-refractivity contribution in [1.29, 1.82) is 0 Å². The van der Waals surface area contributed by atoms with Gasteiger partial charge in [0.1, 0.15) is 0 Å². The largest absolute Gasteiger partial charge is 0.361 e. The molecule has 0 aromatic carbocycles. The minimum Gasteiger partial charge on any atom is -0.361 e. The summed E-state index contributed by atoms with van der Waals surface area (Å²) < 4.78 is 0. The molecule has 1 aliphatic heterocycles. The molecule has 0 bridgehead atoms. The first-order chi connectivity index (χ1) is 8.15. The maximum Gasteiger partial charge on any atom is 0.156 e. The molecule has 2 aliphatic rings. The van der Waals surface area contributed by atoms with E-state index in [2.05, 4.69) is 26.1 Å². The van der Waals surface area contributed by atoms with Crippen LogP contribution in [0.15, 0.2) is 4.99 Å². The Morgan fingerprint density at radius 2 is 2.12 bits per heavy atom. The van der Waals surface area contributed by atoms with Gasteiger partial charge in [0.25, 0.3) is 0 Å². The molecular weight excluding hydrogens is 228 g/mol. The van der Waals surface area contributed by atoms with Gasteiger partial charge in [-0.05, 0) is 30.6 Å². The van der Waals surface area contributed by atoms with E-state index < -0.39 is 0 Å². The van der Waals surface area contributed by atoms with Crippen LogP contribution in [0.1, 0.15) is 52.9 Å². The van der Waals surface area contributed by atoms with Crippen molar-refractivity contribution in [2.45, 2.75) is 58.9 Å². The second kappa shape index (κ2) is 5.64. The molecule has 1 heterocycles. The molecule has 1 atom stereocenters. The smallest absolute Gasteiger partial charge is 0.156 e. The van der Waals surface area contributed by atoms with Gasteiger partial charge in [-0.2, -0.15) is 0 Å². The lowest BCUT2D eigenvalue weighted by Crippen LogP contribution is -2.32. The van der Waals surface area contributed by atoms with Gasteiger partial charge in [-0.15, -0.1) is 0 Å². The average molecular weight is 254 g/mol. The third-order valence-corrected chi connectivity index (χ3v) is 5.53. The van der Waals surface area contributed by atoms with Crippen molar-refractivity contribution in [2.75, 3.05) is 12.3 Å². The van der Waals surface area contributed by atoms with Gasteiger partial charge >= 0.3 is 0 Å². The molecule has 2 nitrogen and oxygen atoms in total. The number of nitrogens with one attached hydrogen (secondary N) is 1. The number of amidine groups is 1. The van der Waals surface area contributed by atoms with Gasteiger partial charge in [0.15, 0.2) is 5.17 Å². The van der Waals surface area contributed by atoms with Crippen LogP contribution in [0, 0.1) is 11.3 Å². The lowest BCUT2D eigenvalue weighted by molar-refractivity contribution is 0.297. The predicted molar refractivity (Wildman–Crippen MR) is 77.7 cm³/mol. The van der Waals surface area contributed by atoms with Crippen LogP contribution in [0.25, 0.3) is 0 Å². The molecule has 1 saturated heterocycles. The average Bonchev–Trinajstić information content (AvgIpc) is 2.96. The van der Waals surface area contributed by atoms with Crippen LogP contribution in [0.5, 0.6) is 0 Å². The lowest BCUT2D eigenvalue weighted by Gasteiger charge is -2.25. The Balaban J connectivity index is 1.88. The highest BCUT2D eigenvalue weighted by Gasteiger charge is 2.32. The van der Waals surface area contributed by atoms with E-state index in [-0.39, 0.29) is 0 Å². The zero-order chi connectivity index (χ0) is 12.3. The van der Waals surface area contributed by atoms with Crippen molar-refractivity contribution in [3.8, 4) is 0 Å². The summed E-state index contributed by atoms with van der Waals surface area (Å²) >= 11 is 1.91. The standard InChI is InChI=1S/C14H26N2S/c1-4-14(7-5-6-8-14)10-15-13-16-12(9-17-13)11(2)3/h11-12H,4-10H2,1-3H3,(H,15,16). The van der Waals surface area contributed by atoms with Gasteiger partial charge < -0.3 is 5.32 Å². The van der Waals surface area contributed by atoms with Crippen molar-refractivity contribution in [2.24, 2.45) is 16.3 Å². The molecule has 3 heteroatoms. The molecule has 0 radical (unpaired) electrons. The molecule has 17 heavy (non-hydrogen) atoms. The van der Waals surface area contributed by atoms with Gasteiger partial charge in [0.2, 0.25) is 0 Å². The summed E-state index contributed by atoms with van der Waals surface area (Å²) in [7, 11) is 0. The molecule has 0 aromatic rings. The maximum atomic E-state index is 4.85. The Hall–Kier alpha value is -0.180. The first-order valence-electron chi connectivity index (χ1n) is 7.09. The fourth-order valence-electron chi connectivity index (χ4n) is 2.85. The fourth-order valence-corrected chi connectivity index (χ4v) is 4.05. The molecule has 2 rings (SSSR count). The van der Waals surface area contributed by atoms with E-state index in [1.54, 1.807) is 0 Å². The molecule has 1 N–H and O–H groups in total. The zero-order valence-electron chi connectivity index (χ0n) is 11.5. The minimum atomic E-state index is 0.533. The van der Waals surface area contributed by atoms with E-state index in [1.807, 2.05) is 11.8 Å². The monoisotopic (exact) mass is 254 g/mol. The third-order valence-electron chi connectivity index (χ3n) is 4.49. The summed E-state index contributed by atoms with van der Waals surface area (Å²) in [5, 5.41) is 4.77. The lowest BCUT2D eigenvalue weighted by atomic mass is 9.84. The second-order valence-electron chi connectivity index (χ2n) is 5.99. The molecule has 1 saturated carbocycles. The second-order valence-corrected chi connectivity index (χ2v) is 7.00. The van der Waals surface area contributed by atoms with Gasteiger partial charge in [0, 0.05) is 18.3 Å². The normalized spacial score (nSPS) is 30.1. The van der Waals surface area contributed by atoms with Crippen molar-refractivity contribution >= 4 is 16.9 Å². The van der Waals surface area contributed by atoms with Crippen molar-refractivity contribution in [3.05, 3.63) is 0 Å². The maximum absolute atomic E-state index is 4.85. The molecule has 1 unspecified atom stereocenters. The van der Waals surface area contributed by atoms with E-state index in [1.165, 1.54) is 43.0 Å². The van der Waals surface area contributed by atoms with Crippen LogP contribution in [-0.4, -0.2) is 23.5 Å². The van der Waals surface area contributed by atoms with Crippen LogP contribution in [0.3, 0.4) is 0 Å². The fraction of sp³-hybridized carbons (Fsp3) is 0.929. The summed E-state index contributed by atoms with van der Waals surface area (Å²) in [4.78, 5) is 4.85. The molecule has 2 fully saturated rings. The van der Waals surface area contributed by atoms with E-state index >= 15 is 0 Å². The molecule has 98 valence electrons. The van der Waals surface area contributed by atoms with Crippen molar-refractivity contribution < 1.29 is 0 Å². The predicted octanol–water partition coefficient (Wildman–Crippen LogP) is 3.67. The first-order valence-corrected chi connectivity index (χ1v) is 8.07. The number of thioether (sulfide) groups is 1. The number of hydrogen-bond acceptors (Lipinski definition) is 2. The van der Waals surface area contributed by atoms with E-state index in [0.717, 1.165) is 6.54 Å². The van der Waals surface area contributed by atoms with E-state index in [0.29, 0.717) is 17.4 Å². The highest BCUT2D eigenvalue weighted by atomic mass is 32.2. The molecule has 0 aromatic heterocycles.